The summed E-state index contributed by atoms with van der Waals surface area (Å²) >= 11 is 0. The Bertz CT molecular complexity index is 882. The zero-order chi connectivity index (χ0) is 22.1. The Morgan fingerprint density at radius 3 is 2.27 bits per heavy atom. The number of hydrogen-bond donors (Lipinski definition) is 1. The fourth-order valence-corrected chi connectivity index (χ4v) is 3.04. The number of amides is 1. The fourth-order valence-electron chi connectivity index (χ4n) is 3.04. The number of anilines is 1. The Kier molecular flexibility index (Phi) is 8.68. The van der Waals surface area contributed by atoms with Crippen LogP contribution in [0.25, 0.3) is 0 Å². The van der Waals surface area contributed by atoms with E-state index in [4.69, 9.17) is 14.2 Å². The minimum absolute atomic E-state index is 0.0140. The van der Waals surface area contributed by atoms with Crippen molar-refractivity contribution < 1.29 is 23.8 Å². The molecule has 0 radical (unpaired) electrons. The molecule has 162 valence electrons. The summed E-state index contributed by atoms with van der Waals surface area (Å²) in [5.74, 6) is 1.74. The largest absolute Gasteiger partial charge is 0.496 e. The van der Waals surface area contributed by atoms with Gasteiger partial charge in [0.25, 0.3) is 0 Å². The highest BCUT2D eigenvalue weighted by molar-refractivity contribution is 5.94. The second kappa shape index (κ2) is 11.2. The number of ketones is 1. The number of nitrogens with zero attached hydrogens (tertiary/aromatic N) is 1. The van der Waals surface area contributed by atoms with Crippen LogP contribution in [0.3, 0.4) is 0 Å². The number of nitrogens with one attached hydrogen (secondary N) is 1. The van der Waals surface area contributed by atoms with Gasteiger partial charge in [-0.15, -0.1) is 0 Å². The minimum Gasteiger partial charge on any atom is -0.496 e. The van der Waals surface area contributed by atoms with Gasteiger partial charge in [-0.25, -0.2) is 0 Å². The first-order valence-corrected chi connectivity index (χ1v) is 9.93. The van der Waals surface area contributed by atoms with Gasteiger partial charge in [-0.05, 0) is 58.2 Å². The number of benzene rings is 2. The first kappa shape index (κ1) is 23.2. The lowest BCUT2D eigenvalue weighted by molar-refractivity contribution is -0.117. The molecule has 7 nitrogen and oxygen atoms in total. The molecule has 0 heterocycles. The molecule has 0 saturated heterocycles. The molecule has 0 aliphatic carbocycles. The number of Topliss-reactive ketones (excluding diaryl/α,β-unsaturated/α-hetero) is 1. The molecule has 1 amide bonds. The number of methoxy groups -OCH3 is 1. The van der Waals surface area contributed by atoms with Gasteiger partial charge in [0.05, 0.1) is 26.9 Å². The van der Waals surface area contributed by atoms with E-state index in [1.807, 2.05) is 25.8 Å². The summed E-state index contributed by atoms with van der Waals surface area (Å²) in [5.41, 5.74) is 2.10. The Balaban J connectivity index is 2.04. The normalized spacial score (nSPS) is 10.6. The van der Waals surface area contributed by atoms with Gasteiger partial charge in [0.15, 0.2) is 17.3 Å². The van der Waals surface area contributed by atoms with Crippen LogP contribution in [-0.4, -0.2) is 50.5 Å². The molecule has 0 saturated carbocycles. The summed E-state index contributed by atoms with van der Waals surface area (Å²) < 4.78 is 16.5. The molecule has 0 unspecified atom stereocenters. The third-order valence-corrected chi connectivity index (χ3v) is 4.37. The molecular formula is C23H30N2O5. The predicted octanol–water partition coefficient (Wildman–Crippen LogP) is 3.77. The van der Waals surface area contributed by atoms with Crippen molar-refractivity contribution in [3.8, 4) is 17.2 Å². The van der Waals surface area contributed by atoms with Crippen LogP contribution in [-0.2, 0) is 11.3 Å². The Morgan fingerprint density at radius 1 is 0.967 bits per heavy atom. The van der Waals surface area contributed by atoms with Crippen LogP contribution in [0.1, 0.15) is 36.7 Å². The molecule has 0 aliphatic rings. The van der Waals surface area contributed by atoms with Crippen LogP contribution in [0.15, 0.2) is 36.4 Å². The Hall–Kier alpha value is -3.06. The van der Waals surface area contributed by atoms with E-state index in [1.54, 1.807) is 43.5 Å². The van der Waals surface area contributed by atoms with Gasteiger partial charge in [0.2, 0.25) is 5.91 Å². The van der Waals surface area contributed by atoms with Crippen LogP contribution in [0.4, 0.5) is 5.69 Å². The van der Waals surface area contributed by atoms with E-state index in [0.29, 0.717) is 48.3 Å². The minimum atomic E-state index is -0.161. The SMILES string of the molecule is CCOc1ccc(NC(=O)CN(C)Cc2cc(C(C)=O)ccc2OC)cc1OCC. The van der Waals surface area contributed by atoms with Crippen molar-refractivity contribution in [2.24, 2.45) is 0 Å². The van der Waals surface area contributed by atoms with Gasteiger partial charge >= 0.3 is 0 Å². The monoisotopic (exact) mass is 414 g/mol. The lowest BCUT2D eigenvalue weighted by Gasteiger charge is -2.19. The maximum absolute atomic E-state index is 12.5. The Morgan fingerprint density at radius 2 is 1.63 bits per heavy atom. The van der Waals surface area contributed by atoms with Crippen LogP contribution < -0.4 is 19.5 Å². The van der Waals surface area contributed by atoms with E-state index < -0.39 is 0 Å². The van der Waals surface area contributed by atoms with E-state index in [1.165, 1.54) is 6.92 Å². The third kappa shape index (κ3) is 6.49. The molecule has 2 aromatic carbocycles. The number of ether oxygens (including phenoxy) is 3. The number of carbonyl (C=O) groups excluding carboxylic acids is 2. The lowest BCUT2D eigenvalue weighted by Crippen LogP contribution is -2.30. The van der Waals surface area contributed by atoms with Crippen LogP contribution in [0, 0.1) is 0 Å². The van der Waals surface area contributed by atoms with E-state index in [9.17, 15) is 9.59 Å². The zero-order valence-corrected chi connectivity index (χ0v) is 18.3. The molecule has 0 aliphatic heterocycles. The van der Waals surface area contributed by atoms with E-state index in [0.717, 1.165) is 5.56 Å². The second-order valence-corrected chi connectivity index (χ2v) is 6.83. The van der Waals surface area contributed by atoms with E-state index in [-0.39, 0.29) is 18.2 Å². The number of rotatable bonds is 11. The highest BCUT2D eigenvalue weighted by atomic mass is 16.5. The molecule has 0 fully saturated rings. The average molecular weight is 415 g/mol. The van der Waals surface area contributed by atoms with Crippen molar-refractivity contribution in [2.45, 2.75) is 27.3 Å². The van der Waals surface area contributed by atoms with Gasteiger partial charge in [-0.2, -0.15) is 0 Å². The van der Waals surface area contributed by atoms with E-state index >= 15 is 0 Å². The Labute approximate surface area is 177 Å². The maximum atomic E-state index is 12.5. The molecule has 0 bridgehead atoms. The summed E-state index contributed by atoms with van der Waals surface area (Å²) in [6.45, 7) is 6.99. The van der Waals surface area contributed by atoms with Crippen molar-refractivity contribution >= 4 is 17.4 Å². The third-order valence-electron chi connectivity index (χ3n) is 4.37. The molecule has 1 N–H and O–H groups in total. The van der Waals surface area contributed by atoms with Crippen molar-refractivity contribution in [1.29, 1.82) is 0 Å². The molecule has 2 aromatic rings. The molecule has 0 atom stereocenters. The molecule has 7 heteroatoms. The summed E-state index contributed by atoms with van der Waals surface area (Å²) in [5, 5.41) is 2.88. The smallest absolute Gasteiger partial charge is 0.238 e. The molecule has 0 aromatic heterocycles. The zero-order valence-electron chi connectivity index (χ0n) is 18.3. The summed E-state index contributed by atoms with van der Waals surface area (Å²) in [6.07, 6.45) is 0. The van der Waals surface area contributed by atoms with Crippen LogP contribution in [0.2, 0.25) is 0 Å². The average Bonchev–Trinajstić information content (AvgIpc) is 2.70. The number of likely N-dealkylation sites (N-methyl/N-ethyl adjacent to an activating group) is 1. The molecule has 0 spiro atoms. The predicted molar refractivity (Wildman–Crippen MR) is 117 cm³/mol. The summed E-state index contributed by atoms with van der Waals surface area (Å²) in [6, 6.07) is 10.6. The van der Waals surface area contributed by atoms with Crippen molar-refractivity contribution in [3.63, 3.8) is 0 Å². The van der Waals surface area contributed by atoms with Gasteiger partial charge < -0.3 is 19.5 Å². The van der Waals surface area contributed by atoms with Gasteiger partial charge in [0, 0.05) is 29.4 Å². The van der Waals surface area contributed by atoms with Gasteiger partial charge in [-0.3, -0.25) is 14.5 Å². The van der Waals surface area contributed by atoms with Gasteiger partial charge in [-0.1, -0.05) is 0 Å². The molecule has 2 rings (SSSR count). The van der Waals surface area contributed by atoms with Gasteiger partial charge in [0.1, 0.15) is 5.75 Å². The van der Waals surface area contributed by atoms with Crippen LogP contribution in [0.5, 0.6) is 17.2 Å². The summed E-state index contributed by atoms with van der Waals surface area (Å²) in [7, 11) is 3.42. The number of carbonyl (C=O) groups is 2. The van der Waals surface area contributed by atoms with Crippen molar-refractivity contribution in [3.05, 3.63) is 47.5 Å². The molecular weight excluding hydrogens is 384 g/mol. The second-order valence-electron chi connectivity index (χ2n) is 6.83. The topological polar surface area (TPSA) is 77.1 Å². The number of hydrogen-bond acceptors (Lipinski definition) is 6. The van der Waals surface area contributed by atoms with E-state index in [2.05, 4.69) is 5.32 Å². The summed E-state index contributed by atoms with van der Waals surface area (Å²) in [4.78, 5) is 26.0. The van der Waals surface area contributed by atoms with Crippen molar-refractivity contribution in [2.75, 3.05) is 39.2 Å². The highest BCUT2D eigenvalue weighted by Gasteiger charge is 2.13. The first-order chi connectivity index (χ1) is 14.4. The molecule has 30 heavy (non-hydrogen) atoms. The van der Waals surface area contributed by atoms with Crippen molar-refractivity contribution in [1.82, 2.24) is 4.90 Å². The van der Waals surface area contributed by atoms with Crippen LogP contribution >= 0.6 is 0 Å². The lowest BCUT2D eigenvalue weighted by atomic mass is 10.1. The fraction of sp³-hybridized carbons (Fsp3) is 0.391. The first-order valence-electron chi connectivity index (χ1n) is 9.93. The standard InChI is InChI=1S/C23H30N2O5/c1-6-29-21-11-9-19(13-22(21)30-7-2)24-23(27)15-25(4)14-18-12-17(16(3)26)8-10-20(18)28-5/h8-13H,6-7,14-15H2,1-5H3,(H,24,27). The quantitative estimate of drug-likeness (QED) is 0.564. The maximum Gasteiger partial charge on any atom is 0.238 e. The highest BCUT2D eigenvalue weighted by Crippen LogP contribution is 2.30.